The number of halogens is 1. The Bertz CT molecular complexity index is 926. The van der Waals surface area contributed by atoms with Crippen molar-refractivity contribution in [3.05, 3.63) is 65.5 Å². The number of hydrogen-bond acceptors (Lipinski definition) is 3. The van der Waals surface area contributed by atoms with Crippen molar-refractivity contribution in [2.24, 2.45) is 5.92 Å². The molecule has 1 atom stereocenters. The van der Waals surface area contributed by atoms with Crippen LogP contribution in [0.25, 0.3) is 0 Å². The molecule has 0 saturated carbocycles. The molecule has 2 saturated heterocycles. The number of ether oxygens (including phenoxy) is 1. The van der Waals surface area contributed by atoms with Crippen molar-refractivity contribution in [2.75, 3.05) is 32.8 Å². The highest BCUT2D eigenvalue weighted by Crippen LogP contribution is 2.22. The van der Waals surface area contributed by atoms with Crippen LogP contribution in [0.1, 0.15) is 41.6 Å². The van der Waals surface area contributed by atoms with Crippen LogP contribution in [-0.4, -0.2) is 54.4 Å². The summed E-state index contributed by atoms with van der Waals surface area (Å²) in [7, 11) is 0. The van der Waals surface area contributed by atoms with Crippen molar-refractivity contribution < 1.29 is 18.7 Å². The highest BCUT2D eigenvalue weighted by atomic mass is 19.1. The Morgan fingerprint density at radius 2 is 1.74 bits per heavy atom. The van der Waals surface area contributed by atoms with Gasteiger partial charge in [0.25, 0.3) is 5.91 Å². The quantitative estimate of drug-likeness (QED) is 0.706. The minimum atomic E-state index is -0.337. The Labute approximate surface area is 182 Å². The first kappa shape index (κ1) is 21.3. The van der Waals surface area contributed by atoms with Gasteiger partial charge in [-0.15, -0.1) is 0 Å². The van der Waals surface area contributed by atoms with E-state index in [0.29, 0.717) is 36.6 Å². The molecule has 2 heterocycles. The first-order valence-electron chi connectivity index (χ1n) is 11.1. The van der Waals surface area contributed by atoms with Crippen molar-refractivity contribution in [3.63, 3.8) is 0 Å². The molecule has 0 aromatic heterocycles. The molecule has 2 aromatic carbocycles. The zero-order valence-corrected chi connectivity index (χ0v) is 17.8. The Kier molecular flexibility index (Phi) is 6.85. The van der Waals surface area contributed by atoms with E-state index < -0.39 is 0 Å². The molecule has 2 aliphatic rings. The highest BCUT2D eigenvalue weighted by molar-refractivity contribution is 5.94. The maximum atomic E-state index is 13.9. The molecule has 2 fully saturated rings. The molecule has 0 bridgehead atoms. The summed E-state index contributed by atoms with van der Waals surface area (Å²) in [5.41, 5.74) is 1.09. The van der Waals surface area contributed by atoms with E-state index in [0.717, 1.165) is 38.8 Å². The zero-order valence-electron chi connectivity index (χ0n) is 17.8. The second kappa shape index (κ2) is 9.94. The van der Waals surface area contributed by atoms with Crippen molar-refractivity contribution in [2.45, 2.75) is 32.1 Å². The molecule has 2 aliphatic heterocycles. The van der Waals surface area contributed by atoms with Crippen molar-refractivity contribution >= 4 is 11.8 Å². The standard InChI is InChI=1S/C25H29FN2O3/c26-23-11-2-1-8-20(23)16-24(29)28-14-6-7-19(17-28)18-31-22-10-5-9-21(15-22)25(30)27-12-3-4-13-27/h1-2,5,8-11,15,19H,3-4,6-7,12-14,16-18H2/t19-/m1/s1. The van der Waals surface area contributed by atoms with Crippen LogP contribution in [0.5, 0.6) is 5.75 Å². The topological polar surface area (TPSA) is 49.9 Å². The first-order chi connectivity index (χ1) is 15.1. The van der Waals surface area contributed by atoms with Gasteiger partial charge in [-0.1, -0.05) is 24.3 Å². The summed E-state index contributed by atoms with van der Waals surface area (Å²) in [5, 5.41) is 0. The summed E-state index contributed by atoms with van der Waals surface area (Å²) in [6, 6.07) is 13.8. The van der Waals surface area contributed by atoms with Gasteiger partial charge in [0, 0.05) is 37.7 Å². The summed E-state index contributed by atoms with van der Waals surface area (Å²) in [5.74, 6) is 0.575. The largest absolute Gasteiger partial charge is 0.493 e. The Hall–Kier alpha value is -2.89. The van der Waals surface area contributed by atoms with Gasteiger partial charge in [-0.2, -0.15) is 0 Å². The summed E-state index contributed by atoms with van der Waals surface area (Å²) < 4.78 is 19.9. The number of amides is 2. The third kappa shape index (κ3) is 5.43. The minimum Gasteiger partial charge on any atom is -0.493 e. The maximum absolute atomic E-state index is 13.9. The molecule has 4 rings (SSSR count). The second-order valence-electron chi connectivity index (χ2n) is 8.45. The van der Waals surface area contributed by atoms with Gasteiger partial charge >= 0.3 is 0 Å². The van der Waals surface area contributed by atoms with Crippen LogP contribution in [0, 0.1) is 11.7 Å². The third-order valence-corrected chi connectivity index (χ3v) is 6.13. The van der Waals surface area contributed by atoms with E-state index in [-0.39, 0.29) is 30.0 Å². The van der Waals surface area contributed by atoms with Crippen LogP contribution < -0.4 is 4.74 Å². The van der Waals surface area contributed by atoms with Crippen LogP contribution in [0.3, 0.4) is 0 Å². The molecular weight excluding hydrogens is 395 g/mol. The number of likely N-dealkylation sites (tertiary alicyclic amines) is 2. The fraction of sp³-hybridized carbons (Fsp3) is 0.440. The van der Waals surface area contributed by atoms with Gasteiger partial charge in [0.2, 0.25) is 5.91 Å². The van der Waals surface area contributed by atoms with Crippen LogP contribution in [-0.2, 0) is 11.2 Å². The first-order valence-corrected chi connectivity index (χ1v) is 11.1. The van der Waals surface area contributed by atoms with Gasteiger partial charge in [0.05, 0.1) is 13.0 Å². The molecule has 0 N–H and O–H groups in total. The zero-order chi connectivity index (χ0) is 21.6. The maximum Gasteiger partial charge on any atom is 0.253 e. The number of piperidine rings is 1. The van der Waals surface area contributed by atoms with Crippen LogP contribution in [0.2, 0.25) is 0 Å². The average Bonchev–Trinajstić information content (AvgIpc) is 3.34. The van der Waals surface area contributed by atoms with E-state index in [2.05, 4.69) is 0 Å². The fourth-order valence-corrected chi connectivity index (χ4v) is 4.38. The molecule has 6 heteroatoms. The summed E-state index contributed by atoms with van der Waals surface area (Å²) in [6.07, 6.45) is 4.10. The number of carbonyl (C=O) groups excluding carboxylic acids is 2. The lowest BCUT2D eigenvalue weighted by molar-refractivity contribution is -0.132. The van der Waals surface area contributed by atoms with E-state index in [1.807, 2.05) is 34.1 Å². The van der Waals surface area contributed by atoms with Crippen LogP contribution in [0.4, 0.5) is 4.39 Å². The average molecular weight is 425 g/mol. The van der Waals surface area contributed by atoms with E-state index in [9.17, 15) is 14.0 Å². The Morgan fingerprint density at radius 1 is 0.968 bits per heavy atom. The van der Waals surface area contributed by atoms with Gasteiger partial charge in [-0.25, -0.2) is 4.39 Å². The van der Waals surface area contributed by atoms with Gasteiger partial charge in [-0.05, 0) is 55.5 Å². The number of nitrogens with zero attached hydrogens (tertiary/aromatic N) is 2. The second-order valence-corrected chi connectivity index (χ2v) is 8.45. The third-order valence-electron chi connectivity index (χ3n) is 6.13. The predicted molar refractivity (Wildman–Crippen MR) is 116 cm³/mol. The smallest absolute Gasteiger partial charge is 0.253 e. The molecule has 0 spiro atoms. The van der Waals surface area contributed by atoms with Gasteiger partial charge in [0.15, 0.2) is 0 Å². The summed E-state index contributed by atoms with van der Waals surface area (Å²) in [6.45, 7) is 3.44. The van der Waals surface area contributed by atoms with Crippen molar-refractivity contribution in [1.82, 2.24) is 9.80 Å². The fourth-order valence-electron chi connectivity index (χ4n) is 4.38. The molecule has 2 aromatic rings. The normalized spacial score (nSPS) is 18.8. The van der Waals surface area contributed by atoms with Crippen molar-refractivity contribution in [1.29, 1.82) is 0 Å². The van der Waals surface area contributed by atoms with Gasteiger partial charge in [0.1, 0.15) is 11.6 Å². The molecule has 0 unspecified atom stereocenters. The monoisotopic (exact) mass is 424 g/mol. The number of carbonyl (C=O) groups is 2. The van der Waals surface area contributed by atoms with Gasteiger partial charge in [-0.3, -0.25) is 9.59 Å². The van der Waals surface area contributed by atoms with E-state index in [1.165, 1.54) is 6.07 Å². The molecular formula is C25H29FN2O3. The molecule has 2 amide bonds. The molecule has 0 aliphatic carbocycles. The Morgan fingerprint density at radius 3 is 2.55 bits per heavy atom. The lowest BCUT2D eigenvalue weighted by Gasteiger charge is -2.32. The van der Waals surface area contributed by atoms with Crippen molar-refractivity contribution in [3.8, 4) is 5.75 Å². The predicted octanol–water partition coefficient (Wildman–Crippen LogP) is 3.92. The molecule has 0 radical (unpaired) electrons. The van der Waals surface area contributed by atoms with Crippen LogP contribution >= 0.6 is 0 Å². The Balaban J connectivity index is 1.31. The number of hydrogen-bond donors (Lipinski definition) is 0. The van der Waals surface area contributed by atoms with E-state index >= 15 is 0 Å². The molecule has 164 valence electrons. The minimum absolute atomic E-state index is 0.0481. The van der Waals surface area contributed by atoms with E-state index in [1.54, 1.807) is 18.2 Å². The SMILES string of the molecule is O=C(Cc1ccccc1F)N1CCC[C@@H](COc2cccc(C(=O)N3CCCC3)c2)C1. The van der Waals surface area contributed by atoms with Gasteiger partial charge < -0.3 is 14.5 Å². The summed E-state index contributed by atoms with van der Waals surface area (Å²) in [4.78, 5) is 29.0. The van der Waals surface area contributed by atoms with Crippen LogP contribution in [0.15, 0.2) is 48.5 Å². The van der Waals surface area contributed by atoms with E-state index in [4.69, 9.17) is 4.74 Å². The number of benzene rings is 2. The summed E-state index contributed by atoms with van der Waals surface area (Å²) >= 11 is 0. The highest BCUT2D eigenvalue weighted by Gasteiger charge is 2.25. The molecule has 5 nitrogen and oxygen atoms in total. The molecule has 31 heavy (non-hydrogen) atoms. The lowest BCUT2D eigenvalue weighted by Crippen LogP contribution is -2.42. The number of rotatable bonds is 6. The lowest BCUT2D eigenvalue weighted by atomic mass is 9.98.